The number of benzene rings is 2. The van der Waals surface area contributed by atoms with Crippen LogP contribution >= 0.6 is 11.6 Å². The maximum Gasteiger partial charge on any atom is 0.252 e. The molecule has 0 aliphatic rings. The maximum absolute atomic E-state index is 12.2. The molecule has 0 fully saturated rings. The maximum atomic E-state index is 12.2. The van der Waals surface area contributed by atoms with E-state index in [0.717, 1.165) is 0 Å². The van der Waals surface area contributed by atoms with E-state index in [-0.39, 0.29) is 17.9 Å². The summed E-state index contributed by atoms with van der Waals surface area (Å²) < 4.78 is 5.79. The zero-order chi connectivity index (χ0) is 19.1. The minimum absolute atomic E-state index is 0.00937. The second-order valence-corrected chi connectivity index (χ2v) is 6.45. The van der Waals surface area contributed by atoms with Gasteiger partial charge < -0.3 is 15.0 Å². The topological polar surface area (TPSA) is 58.6 Å². The first kappa shape index (κ1) is 19.8. The van der Waals surface area contributed by atoms with Crippen molar-refractivity contribution in [3.05, 3.63) is 59.1 Å². The average Bonchev–Trinajstić information content (AvgIpc) is 2.59. The van der Waals surface area contributed by atoms with Crippen molar-refractivity contribution in [2.45, 2.75) is 26.9 Å². The van der Waals surface area contributed by atoms with Crippen molar-refractivity contribution < 1.29 is 14.3 Å². The second kappa shape index (κ2) is 9.25. The van der Waals surface area contributed by atoms with Crippen LogP contribution in [0.15, 0.2) is 48.5 Å². The average molecular weight is 375 g/mol. The van der Waals surface area contributed by atoms with Gasteiger partial charge >= 0.3 is 0 Å². The van der Waals surface area contributed by atoms with E-state index in [1.165, 1.54) is 6.92 Å². The van der Waals surface area contributed by atoms with Crippen LogP contribution in [0.1, 0.15) is 31.1 Å². The van der Waals surface area contributed by atoms with Crippen LogP contribution in [0.5, 0.6) is 5.75 Å². The van der Waals surface area contributed by atoms with Crippen molar-refractivity contribution in [1.82, 2.24) is 5.32 Å². The van der Waals surface area contributed by atoms with Crippen LogP contribution in [0.4, 0.5) is 5.69 Å². The number of hydrogen-bond donors (Lipinski definition) is 1. The molecule has 0 aliphatic heterocycles. The molecule has 6 heteroatoms. The Balaban J connectivity index is 2.07. The molecule has 2 aromatic rings. The van der Waals surface area contributed by atoms with Crippen LogP contribution in [0.25, 0.3) is 0 Å². The van der Waals surface area contributed by atoms with Gasteiger partial charge in [0.2, 0.25) is 5.91 Å². The summed E-state index contributed by atoms with van der Waals surface area (Å²) in [4.78, 5) is 25.9. The molecule has 2 rings (SSSR count). The smallest absolute Gasteiger partial charge is 0.252 e. The van der Waals surface area contributed by atoms with E-state index in [1.807, 2.05) is 38.1 Å². The summed E-state index contributed by atoms with van der Waals surface area (Å²) in [6.45, 7) is 5.96. The normalized spacial score (nSPS) is 10.5. The number of hydrogen-bond acceptors (Lipinski definition) is 3. The molecule has 26 heavy (non-hydrogen) atoms. The first-order valence-electron chi connectivity index (χ1n) is 8.46. The molecule has 2 aromatic carbocycles. The number of rotatable bonds is 7. The monoisotopic (exact) mass is 374 g/mol. The van der Waals surface area contributed by atoms with Crippen molar-refractivity contribution >= 4 is 29.1 Å². The highest BCUT2D eigenvalue weighted by atomic mass is 35.5. The van der Waals surface area contributed by atoms with Crippen LogP contribution in [0.3, 0.4) is 0 Å². The number of halogens is 1. The van der Waals surface area contributed by atoms with Gasteiger partial charge in [-0.15, -0.1) is 0 Å². The minimum atomic E-state index is -0.272. The van der Waals surface area contributed by atoms with Crippen LogP contribution in [0, 0.1) is 0 Å². The summed E-state index contributed by atoms with van der Waals surface area (Å²) >= 11 is 6.03. The summed E-state index contributed by atoms with van der Waals surface area (Å²) in [5.41, 5.74) is 1.09. The van der Waals surface area contributed by atoms with Crippen LogP contribution in [0.2, 0.25) is 5.02 Å². The number of anilines is 1. The number of nitrogens with zero attached hydrogens (tertiary/aromatic N) is 1. The van der Waals surface area contributed by atoms with Gasteiger partial charge in [-0.25, -0.2) is 0 Å². The lowest BCUT2D eigenvalue weighted by Gasteiger charge is -2.25. The predicted molar refractivity (Wildman–Crippen MR) is 104 cm³/mol. The van der Waals surface area contributed by atoms with Crippen LogP contribution in [-0.2, 0) is 4.79 Å². The van der Waals surface area contributed by atoms with Crippen LogP contribution < -0.4 is 15.0 Å². The largest absolute Gasteiger partial charge is 0.489 e. The fourth-order valence-corrected chi connectivity index (χ4v) is 2.72. The third-order valence-corrected chi connectivity index (χ3v) is 3.97. The fourth-order valence-electron chi connectivity index (χ4n) is 2.50. The van der Waals surface area contributed by atoms with E-state index in [1.54, 1.807) is 29.2 Å². The molecule has 0 bridgehead atoms. The van der Waals surface area contributed by atoms with E-state index >= 15 is 0 Å². The van der Waals surface area contributed by atoms with Crippen molar-refractivity contribution in [1.29, 1.82) is 0 Å². The number of amides is 2. The lowest BCUT2D eigenvalue weighted by Crippen LogP contribution is -2.38. The Labute approximate surface area is 158 Å². The number of para-hydroxylation sites is 2. The molecular weight excluding hydrogens is 352 g/mol. The minimum Gasteiger partial charge on any atom is -0.489 e. The molecule has 2 amide bonds. The third-order valence-electron chi connectivity index (χ3n) is 3.64. The van der Waals surface area contributed by atoms with E-state index < -0.39 is 0 Å². The van der Waals surface area contributed by atoms with Crippen LogP contribution in [-0.4, -0.2) is 31.0 Å². The van der Waals surface area contributed by atoms with E-state index in [4.69, 9.17) is 16.3 Å². The fraction of sp³-hybridized carbons (Fsp3) is 0.300. The van der Waals surface area contributed by atoms with Gasteiger partial charge in [-0.1, -0.05) is 35.9 Å². The van der Waals surface area contributed by atoms with E-state index in [9.17, 15) is 9.59 Å². The molecule has 0 radical (unpaired) electrons. The molecule has 0 heterocycles. The van der Waals surface area contributed by atoms with Gasteiger partial charge in [0, 0.05) is 20.0 Å². The van der Waals surface area contributed by atoms with Crippen molar-refractivity contribution in [3.63, 3.8) is 0 Å². The Bertz CT molecular complexity index is 777. The van der Waals surface area contributed by atoms with Gasteiger partial charge in [-0.3, -0.25) is 9.59 Å². The third kappa shape index (κ3) is 5.23. The van der Waals surface area contributed by atoms with E-state index in [2.05, 4.69) is 5.32 Å². The van der Waals surface area contributed by atoms with Gasteiger partial charge in [-0.05, 0) is 38.1 Å². The molecule has 0 aliphatic carbocycles. The number of carbonyl (C=O) groups excluding carboxylic acids is 2. The summed E-state index contributed by atoms with van der Waals surface area (Å²) in [7, 11) is 0. The Hall–Kier alpha value is -2.53. The number of ether oxygens (including phenoxy) is 1. The summed E-state index contributed by atoms with van der Waals surface area (Å²) in [6.07, 6.45) is -0.00937. The number of nitrogens with one attached hydrogen (secondary N) is 1. The van der Waals surface area contributed by atoms with E-state index in [0.29, 0.717) is 35.1 Å². The summed E-state index contributed by atoms with van der Waals surface area (Å²) in [6, 6.07) is 14.2. The zero-order valence-corrected chi connectivity index (χ0v) is 15.9. The Morgan fingerprint density at radius 2 is 1.77 bits per heavy atom. The Morgan fingerprint density at radius 3 is 2.42 bits per heavy atom. The molecule has 0 aromatic heterocycles. The molecule has 1 N–H and O–H groups in total. The molecule has 0 spiro atoms. The first-order chi connectivity index (χ1) is 12.4. The molecule has 0 unspecified atom stereocenters. The Morgan fingerprint density at radius 1 is 1.12 bits per heavy atom. The lowest BCUT2D eigenvalue weighted by molar-refractivity contribution is -0.116. The predicted octanol–water partition coefficient (Wildman–Crippen LogP) is 3.91. The van der Waals surface area contributed by atoms with Gasteiger partial charge in [0.1, 0.15) is 5.75 Å². The van der Waals surface area contributed by atoms with Crippen molar-refractivity contribution in [3.8, 4) is 5.75 Å². The second-order valence-electron chi connectivity index (χ2n) is 6.04. The molecule has 138 valence electrons. The highest BCUT2D eigenvalue weighted by molar-refractivity contribution is 6.33. The summed E-state index contributed by atoms with van der Waals surface area (Å²) in [5.74, 6) is 0.234. The zero-order valence-electron chi connectivity index (χ0n) is 15.2. The highest BCUT2D eigenvalue weighted by Crippen LogP contribution is 2.28. The molecule has 0 saturated carbocycles. The SMILES string of the molecule is CC(=O)N(CCNC(=O)c1ccccc1Cl)c1ccccc1OC(C)C. The number of carbonyl (C=O) groups is 2. The quantitative estimate of drug-likeness (QED) is 0.799. The standard InChI is InChI=1S/C20H23ClN2O3/c1-14(2)26-19-11-7-6-10-18(19)23(15(3)24)13-12-22-20(25)16-8-4-5-9-17(16)21/h4-11,14H,12-13H2,1-3H3,(H,22,25). The lowest BCUT2D eigenvalue weighted by atomic mass is 10.2. The highest BCUT2D eigenvalue weighted by Gasteiger charge is 2.17. The molecular formula is C20H23ClN2O3. The summed E-state index contributed by atoms with van der Waals surface area (Å²) in [5, 5.41) is 3.19. The van der Waals surface area contributed by atoms with Crippen molar-refractivity contribution in [2.24, 2.45) is 0 Å². The van der Waals surface area contributed by atoms with Gasteiger partial charge in [-0.2, -0.15) is 0 Å². The van der Waals surface area contributed by atoms with Gasteiger partial charge in [0.05, 0.1) is 22.4 Å². The van der Waals surface area contributed by atoms with Gasteiger partial charge in [0.15, 0.2) is 0 Å². The first-order valence-corrected chi connectivity index (χ1v) is 8.84. The molecule has 5 nitrogen and oxygen atoms in total. The molecule has 0 atom stereocenters. The van der Waals surface area contributed by atoms with Crippen molar-refractivity contribution in [2.75, 3.05) is 18.0 Å². The Kier molecular flexibility index (Phi) is 7.04. The van der Waals surface area contributed by atoms with Gasteiger partial charge in [0.25, 0.3) is 5.91 Å². The molecule has 0 saturated heterocycles.